The van der Waals surface area contributed by atoms with E-state index in [0.29, 0.717) is 45.4 Å². The summed E-state index contributed by atoms with van der Waals surface area (Å²) in [5.74, 6) is -2.06. The third-order valence-corrected chi connectivity index (χ3v) is 10.00. The van der Waals surface area contributed by atoms with E-state index in [4.69, 9.17) is 37.9 Å². The van der Waals surface area contributed by atoms with Crippen molar-refractivity contribution in [2.24, 2.45) is 16.7 Å². The van der Waals surface area contributed by atoms with Crippen LogP contribution in [0.4, 0.5) is 0 Å². The van der Waals surface area contributed by atoms with Crippen LogP contribution in [0.5, 0.6) is 0 Å². The van der Waals surface area contributed by atoms with E-state index in [-0.39, 0.29) is 56.8 Å². The summed E-state index contributed by atoms with van der Waals surface area (Å²) < 4.78 is 51.0. The second-order valence-corrected chi connectivity index (χ2v) is 20.0. The van der Waals surface area contributed by atoms with Crippen LogP contribution in [0.15, 0.2) is 0 Å². The lowest BCUT2D eigenvalue weighted by Gasteiger charge is -2.46. The molecule has 0 aliphatic carbocycles. The minimum absolute atomic E-state index is 0.0393. The first-order chi connectivity index (χ1) is 27.1. The molecule has 0 aliphatic heterocycles. The molecule has 59 heavy (non-hydrogen) atoms. The molecule has 15 heteroatoms. The Morgan fingerprint density at radius 1 is 0.576 bits per heavy atom. The maximum absolute atomic E-state index is 11.2. The third kappa shape index (κ3) is 24.2. The van der Waals surface area contributed by atoms with Crippen molar-refractivity contribution in [1.29, 1.82) is 0 Å². The Kier molecular flexibility index (Phi) is 26.6. The van der Waals surface area contributed by atoms with Crippen molar-refractivity contribution in [3.8, 4) is 0 Å². The lowest BCUT2D eigenvalue weighted by atomic mass is 9.90. The average molecular weight is 856 g/mol. The predicted molar refractivity (Wildman–Crippen MR) is 233 cm³/mol. The SMILES string of the molecule is CCNC(C)OC[C@@H](C)OCC(CO)(COCC(C)(C)COC(C)(C)CNC(C)C)COC(COC(C)(C)CCOC(C)(C)NC(C)C)(OC(CO)(CO)CO)C(C)C. The van der Waals surface area contributed by atoms with Gasteiger partial charge >= 0.3 is 0 Å². The average Bonchev–Trinajstić information content (AvgIpc) is 3.13. The molecule has 0 spiro atoms. The molecule has 0 saturated heterocycles. The molecule has 0 aromatic rings. The first kappa shape index (κ1) is 58.4. The van der Waals surface area contributed by atoms with Crippen molar-refractivity contribution in [2.75, 3.05) is 92.4 Å². The minimum Gasteiger partial charge on any atom is -0.396 e. The van der Waals surface area contributed by atoms with Crippen molar-refractivity contribution in [3.05, 3.63) is 0 Å². The maximum Gasteiger partial charge on any atom is 0.195 e. The second-order valence-electron chi connectivity index (χ2n) is 20.0. The van der Waals surface area contributed by atoms with Crippen molar-refractivity contribution < 1.29 is 58.3 Å². The summed E-state index contributed by atoms with van der Waals surface area (Å²) in [5.41, 5.74) is -4.91. The van der Waals surface area contributed by atoms with Gasteiger partial charge in [0.05, 0.1) is 95.4 Å². The highest BCUT2D eigenvalue weighted by atomic mass is 16.7. The molecule has 3 unspecified atom stereocenters. The Balaban J connectivity index is 6.56. The van der Waals surface area contributed by atoms with E-state index >= 15 is 0 Å². The Morgan fingerprint density at radius 2 is 1.17 bits per heavy atom. The van der Waals surface area contributed by atoms with Crippen molar-refractivity contribution in [3.63, 3.8) is 0 Å². The number of hydrogen-bond donors (Lipinski definition) is 7. The van der Waals surface area contributed by atoms with Gasteiger partial charge in [-0.25, -0.2) is 0 Å². The number of aliphatic hydroxyl groups excluding tert-OH is 4. The summed E-state index contributed by atoms with van der Waals surface area (Å²) in [7, 11) is 0. The molecule has 0 bridgehead atoms. The molecule has 0 fully saturated rings. The Hall–Kier alpha value is -0.600. The van der Waals surface area contributed by atoms with E-state index in [2.05, 4.69) is 71.3 Å². The molecule has 0 aromatic carbocycles. The number of ether oxygens (including phenoxy) is 8. The standard InChI is InChI=1S/C44H93N3O12/c1-18-45-37(9)53-21-36(8)54-30-42(23-48,29-52-27-38(10,11)28-56-40(14,15)22-46-34(4)5)31-58-44(33(2)3,59-43(24-49,25-50)26-51)32-57-39(12,13)19-20-55-41(16,17)47-35(6)7/h33-37,45-51H,18-32H2,1-17H3/t36-,37?,42?,44?/m1/s1. The van der Waals surface area contributed by atoms with Gasteiger partial charge in [-0.1, -0.05) is 48.5 Å². The molecule has 0 aromatic heterocycles. The highest BCUT2D eigenvalue weighted by Crippen LogP contribution is 2.35. The van der Waals surface area contributed by atoms with Gasteiger partial charge in [-0.05, 0) is 82.2 Å². The predicted octanol–water partition coefficient (Wildman–Crippen LogP) is 4.22. The molecule has 15 nitrogen and oxygen atoms in total. The lowest BCUT2D eigenvalue weighted by molar-refractivity contribution is -0.356. The normalized spacial score (nSPS) is 16.9. The highest BCUT2D eigenvalue weighted by Gasteiger charge is 2.48. The Labute approximate surface area is 359 Å². The number of rotatable bonds is 37. The summed E-state index contributed by atoms with van der Waals surface area (Å²) in [5, 5.41) is 52.5. The van der Waals surface area contributed by atoms with Crippen molar-refractivity contribution >= 4 is 0 Å². The van der Waals surface area contributed by atoms with Gasteiger partial charge in [-0.2, -0.15) is 0 Å². The molecular formula is C44H93N3O12. The van der Waals surface area contributed by atoms with E-state index in [9.17, 15) is 20.4 Å². The lowest BCUT2D eigenvalue weighted by Crippen LogP contribution is -2.59. The Morgan fingerprint density at radius 3 is 1.68 bits per heavy atom. The summed E-state index contributed by atoms with van der Waals surface area (Å²) >= 11 is 0. The van der Waals surface area contributed by atoms with Gasteiger partial charge in [-0.15, -0.1) is 0 Å². The van der Waals surface area contributed by atoms with Crippen LogP contribution in [0.3, 0.4) is 0 Å². The fourth-order valence-electron chi connectivity index (χ4n) is 5.83. The van der Waals surface area contributed by atoms with E-state index in [1.807, 2.05) is 62.3 Å². The third-order valence-electron chi connectivity index (χ3n) is 10.00. The molecule has 0 heterocycles. The number of nitrogens with one attached hydrogen (secondary N) is 3. The van der Waals surface area contributed by atoms with Crippen LogP contribution in [0.25, 0.3) is 0 Å². The van der Waals surface area contributed by atoms with Crippen LogP contribution in [-0.2, 0) is 37.9 Å². The van der Waals surface area contributed by atoms with Gasteiger partial charge in [0.2, 0.25) is 0 Å². The molecule has 356 valence electrons. The zero-order valence-corrected chi connectivity index (χ0v) is 40.5. The van der Waals surface area contributed by atoms with Crippen molar-refractivity contribution in [2.45, 2.75) is 177 Å². The Bertz CT molecular complexity index is 1080. The molecule has 7 N–H and O–H groups in total. The molecule has 0 rings (SSSR count). The highest BCUT2D eigenvalue weighted by molar-refractivity contribution is 4.89. The topological polar surface area (TPSA) is 191 Å². The summed E-state index contributed by atoms with van der Waals surface area (Å²) in [4.78, 5) is 0. The molecule has 0 aliphatic rings. The zero-order valence-electron chi connectivity index (χ0n) is 40.5. The monoisotopic (exact) mass is 856 g/mol. The smallest absolute Gasteiger partial charge is 0.195 e. The maximum atomic E-state index is 11.2. The minimum atomic E-state index is -1.76. The van der Waals surface area contributed by atoms with E-state index < -0.39 is 59.5 Å². The fourth-order valence-corrected chi connectivity index (χ4v) is 5.83. The van der Waals surface area contributed by atoms with Crippen LogP contribution in [0, 0.1) is 16.7 Å². The van der Waals surface area contributed by atoms with Crippen LogP contribution in [0.1, 0.15) is 124 Å². The molecule has 4 atom stereocenters. The van der Waals surface area contributed by atoms with Gasteiger partial charge in [0.15, 0.2) is 5.79 Å². The largest absolute Gasteiger partial charge is 0.396 e. The van der Waals surface area contributed by atoms with E-state index in [1.165, 1.54) is 0 Å². The van der Waals surface area contributed by atoms with Gasteiger partial charge < -0.3 is 63.6 Å². The van der Waals surface area contributed by atoms with Crippen molar-refractivity contribution in [1.82, 2.24) is 16.0 Å². The van der Waals surface area contributed by atoms with Crippen LogP contribution in [0.2, 0.25) is 0 Å². The summed E-state index contributed by atoms with van der Waals surface area (Å²) in [6, 6.07) is 0.575. The summed E-state index contributed by atoms with van der Waals surface area (Å²) in [6.07, 6.45) is 0.0239. The number of hydrogen-bond acceptors (Lipinski definition) is 15. The van der Waals surface area contributed by atoms with Gasteiger partial charge in [0.1, 0.15) is 24.2 Å². The molecule has 0 saturated carbocycles. The quantitative estimate of drug-likeness (QED) is 0.0440. The van der Waals surface area contributed by atoms with Crippen LogP contribution < -0.4 is 16.0 Å². The van der Waals surface area contributed by atoms with Crippen LogP contribution in [-0.4, -0.2) is 166 Å². The van der Waals surface area contributed by atoms with Gasteiger partial charge in [0.25, 0.3) is 0 Å². The molecular weight excluding hydrogens is 762 g/mol. The number of aliphatic hydroxyl groups is 4. The van der Waals surface area contributed by atoms with E-state index in [0.717, 1.165) is 6.54 Å². The first-order valence-electron chi connectivity index (χ1n) is 21.9. The van der Waals surface area contributed by atoms with E-state index in [1.54, 1.807) is 0 Å². The fraction of sp³-hybridized carbons (Fsp3) is 1.00. The second kappa shape index (κ2) is 26.9. The zero-order chi connectivity index (χ0) is 45.8. The van der Waals surface area contributed by atoms with Gasteiger partial charge in [-0.3, -0.25) is 10.6 Å². The first-order valence-corrected chi connectivity index (χ1v) is 21.9. The molecule has 0 amide bonds. The molecule has 0 radical (unpaired) electrons. The summed E-state index contributed by atoms with van der Waals surface area (Å²) in [6.45, 7) is 34.3. The van der Waals surface area contributed by atoms with Gasteiger partial charge in [0, 0.05) is 30.0 Å². The van der Waals surface area contributed by atoms with Crippen LogP contribution >= 0.6 is 0 Å².